The summed E-state index contributed by atoms with van der Waals surface area (Å²) in [7, 11) is 1.62. The van der Waals surface area contributed by atoms with Gasteiger partial charge in [0, 0.05) is 5.92 Å². The van der Waals surface area contributed by atoms with Crippen LogP contribution >= 0.6 is 0 Å². The van der Waals surface area contributed by atoms with Crippen molar-refractivity contribution in [2.75, 3.05) is 12.4 Å². The van der Waals surface area contributed by atoms with Crippen LogP contribution in [0.2, 0.25) is 0 Å². The highest BCUT2D eigenvalue weighted by atomic mass is 16.5. The maximum Gasteiger partial charge on any atom is 0.239 e. The molecule has 1 aromatic carbocycles. The number of methoxy groups -OCH3 is 1. The topological polar surface area (TPSA) is 64.4 Å². The number of nitrogens with zero attached hydrogens (tertiary/aromatic N) is 1. The Hall–Kier alpha value is -2.30. The molecule has 5 nitrogen and oxygen atoms in total. The molecule has 1 N–H and O–H groups in total. The van der Waals surface area contributed by atoms with E-state index >= 15 is 0 Å². The quantitative estimate of drug-likeness (QED) is 0.879. The number of ether oxygens (including phenoxy) is 1. The standard InChI is InChI=1S/C16H20N2O3/c1-4-11(5-2)15(19)18-16-14(10-17-21-16)12-6-8-13(20-3)9-7-12/h6-11H,4-5H2,1-3H3,(H,18,19). The van der Waals surface area contributed by atoms with Gasteiger partial charge in [-0.25, -0.2) is 0 Å². The molecule has 2 aromatic rings. The molecule has 0 bridgehead atoms. The molecule has 0 unspecified atom stereocenters. The average Bonchev–Trinajstić information content (AvgIpc) is 2.96. The zero-order chi connectivity index (χ0) is 15.2. The third kappa shape index (κ3) is 3.42. The number of nitrogens with one attached hydrogen (secondary N) is 1. The molecule has 1 amide bonds. The van der Waals surface area contributed by atoms with Crippen LogP contribution in [0.1, 0.15) is 26.7 Å². The number of hydrogen-bond donors (Lipinski definition) is 1. The smallest absolute Gasteiger partial charge is 0.239 e. The SMILES string of the molecule is CCC(CC)C(=O)Nc1oncc1-c1ccc(OC)cc1. The van der Waals surface area contributed by atoms with Crippen molar-refractivity contribution in [2.24, 2.45) is 5.92 Å². The summed E-state index contributed by atoms with van der Waals surface area (Å²) in [6, 6.07) is 7.51. The van der Waals surface area contributed by atoms with Crippen molar-refractivity contribution in [1.29, 1.82) is 0 Å². The van der Waals surface area contributed by atoms with E-state index in [2.05, 4.69) is 10.5 Å². The number of hydrogen-bond acceptors (Lipinski definition) is 4. The highest BCUT2D eigenvalue weighted by molar-refractivity contribution is 5.94. The Morgan fingerprint density at radius 3 is 2.52 bits per heavy atom. The molecule has 0 atom stereocenters. The van der Waals surface area contributed by atoms with Gasteiger partial charge in [0.1, 0.15) is 5.75 Å². The largest absolute Gasteiger partial charge is 0.497 e. The molecular formula is C16H20N2O3. The van der Waals surface area contributed by atoms with Crippen LogP contribution in [0.3, 0.4) is 0 Å². The summed E-state index contributed by atoms with van der Waals surface area (Å²) >= 11 is 0. The highest BCUT2D eigenvalue weighted by Crippen LogP contribution is 2.29. The van der Waals surface area contributed by atoms with Crippen LogP contribution < -0.4 is 10.1 Å². The van der Waals surface area contributed by atoms with Crippen molar-refractivity contribution in [3.8, 4) is 16.9 Å². The summed E-state index contributed by atoms with van der Waals surface area (Å²) in [5.41, 5.74) is 1.67. The van der Waals surface area contributed by atoms with Crippen LogP contribution in [0.25, 0.3) is 11.1 Å². The van der Waals surface area contributed by atoms with Crippen molar-refractivity contribution in [3.05, 3.63) is 30.5 Å². The molecule has 0 aliphatic rings. The first-order chi connectivity index (χ1) is 10.2. The predicted octanol–water partition coefficient (Wildman–Crippen LogP) is 3.72. The van der Waals surface area contributed by atoms with Crippen LogP contribution in [0.15, 0.2) is 35.0 Å². The number of aromatic nitrogens is 1. The molecule has 0 saturated carbocycles. The zero-order valence-corrected chi connectivity index (χ0v) is 12.6. The summed E-state index contributed by atoms with van der Waals surface area (Å²) in [4.78, 5) is 12.1. The predicted molar refractivity (Wildman–Crippen MR) is 81.2 cm³/mol. The summed E-state index contributed by atoms with van der Waals surface area (Å²) in [5, 5.41) is 6.60. The van der Waals surface area contributed by atoms with Gasteiger partial charge in [-0.15, -0.1) is 0 Å². The first-order valence-corrected chi connectivity index (χ1v) is 7.09. The number of benzene rings is 1. The lowest BCUT2D eigenvalue weighted by atomic mass is 10.0. The van der Waals surface area contributed by atoms with Crippen LogP contribution in [0.5, 0.6) is 5.75 Å². The first-order valence-electron chi connectivity index (χ1n) is 7.09. The van der Waals surface area contributed by atoms with Crippen molar-refractivity contribution in [1.82, 2.24) is 5.16 Å². The van der Waals surface area contributed by atoms with Gasteiger partial charge in [-0.05, 0) is 30.5 Å². The van der Waals surface area contributed by atoms with Crippen LogP contribution in [0, 0.1) is 5.92 Å². The molecule has 0 saturated heterocycles. The molecule has 0 aliphatic heterocycles. The fourth-order valence-electron chi connectivity index (χ4n) is 2.18. The van der Waals surface area contributed by atoms with Crippen molar-refractivity contribution in [2.45, 2.75) is 26.7 Å². The molecule has 21 heavy (non-hydrogen) atoms. The van der Waals surface area contributed by atoms with Gasteiger partial charge in [-0.1, -0.05) is 31.1 Å². The summed E-state index contributed by atoms with van der Waals surface area (Å²) in [5.74, 6) is 1.11. The number of carbonyl (C=O) groups is 1. The second-order valence-electron chi connectivity index (χ2n) is 4.80. The highest BCUT2D eigenvalue weighted by Gasteiger charge is 2.18. The molecule has 2 rings (SSSR count). The summed E-state index contributed by atoms with van der Waals surface area (Å²) in [6.45, 7) is 4.00. The molecule has 112 valence electrons. The zero-order valence-electron chi connectivity index (χ0n) is 12.6. The fraction of sp³-hybridized carbons (Fsp3) is 0.375. The van der Waals surface area contributed by atoms with Gasteiger partial charge in [0.25, 0.3) is 0 Å². The number of carbonyl (C=O) groups excluding carboxylic acids is 1. The number of amides is 1. The van der Waals surface area contributed by atoms with E-state index < -0.39 is 0 Å². The van der Waals surface area contributed by atoms with Gasteiger partial charge in [0.05, 0.1) is 18.9 Å². The van der Waals surface area contributed by atoms with Crippen LogP contribution in [0.4, 0.5) is 5.88 Å². The van der Waals surface area contributed by atoms with E-state index in [0.717, 1.165) is 29.7 Å². The van der Waals surface area contributed by atoms with Gasteiger partial charge < -0.3 is 9.26 Å². The minimum Gasteiger partial charge on any atom is -0.497 e. The van der Waals surface area contributed by atoms with Crippen molar-refractivity contribution in [3.63, 3.8) is 0 Å². The molecule has 0 spiro atoms. The monoisotopic (exact) mass is 288 g/mol. The molecule has 1 aromatic heterocycles. The van der Waals surface area contributed by atoms with E-state index in [9.17, 15) is 4.79 Å². The van der Waals surface area contributed by atoms with Gasteiger partial charge >= 0.3 is 0 Å². The van der Waals surface area contributed by atoms with E-state index in [4.69, 9.17) is 9.26 Å². The second kappa shape index (κ2) is 6.92. The molecule has 5 heteroatoms. The van der Waals surface area contributed by atoms with Crippen molar-refractivity contribution >= 4 is 11.8 Å². The average molecular weight is 288 g/mol. The second-order valence-corrected chi connectivity index (χ2v) is 4.80. The van der Waals surface area contributed by atoms with E-state index in [1.54, 1.807) is 13.3 Å². The molecule has 0 fully saturated rings. The lowest BCUT2D eigenvalue weighted by Gasteiger charge is -2.11. The van der Waals surface area contributed by atoms with Gasteiger partial charge in [0.15, 0.2) is 0 Å². The van der Waals surface area contributed by atoms with Crippen LogP contribution in [-0.4, -0.2) is 18.2 Å². The summed E-state index contributed by atoms with van der Waals surface area (Å²) in [6.07, 6.45) is 3.20. The maximum absolute atomic E-state index is 12.1. The van der Waals surface area contributed by atoms with E-state index in [1.165, 1.54) is 0 Å². The summed E-state index contributed by atoms with van der Waals surface area (Å²) < 4.78 is 10.3. The lowest BCUT2D eigenvalue weighted by Crippen LogP contribution is -2.21. The van der Waals surface area contributed by atoms with E-state index in [0.29, 0.717) is 5.88 Å². The fourth-order valence-corrected chi connectivity index (χ4v) is 2.18. The Labute approximate surface area is 124 Å². The molecule has 0 aliphatic carbocycles. The minimum absolute atomic E-state index is 0.0150. The van der Waals surface area contributed by atoms with Gasteiger partial charge in [-0.2, -0.15) is 0 Å². The Balaban J connectivity index is 2.19. The Bertz CT molecular complexity index is 586. The van der Waals surface area contributed by atoms with Gasteiger partial charge in [-0.3, -0.25) is 10.1 Å². The Kier molecular flexibility index (Phi) is 4.98. The molecule has 1 heterocycles. The lowest BCUT2D eigenvalue weighted by molar-refractivity contribution is -0.120. The van der Waals surface area contributed by atoms with Gasteiger partial charge in [0.2, 0.25) is 11.8 Å². The number of anilines is 1. The van der Waals surface area contributed by atoms with Crippen LogP contribution in [-0.2, 0) is 4.79 Å². The van der Waals surface area contributed by atoms with Crippen molar-refractivity contribution < 1.29 is 14.1 Å². The molecule has 0 radical (unpaired) electrons. The van der Waals surface area contributed by atoms with E-state index in [1.807, 2.05) is 38.1 Å². The third-order valence-electron chi connectivity index (χ3n) is 3.56. The number of rotatable bonds is 6. The Morgan fingerprint density at radius 2 is 1.95 bits per heavy atom. The first kappa shape index (κ1) is 15.1. The third-order valence-corrected chi connectivity index (χ3v) is 3.56. The van der Waals surface area contributed by atoms with E-state index in [-0.39, 0.29) is 11.8 Å². The maximum atomic E-state index is 12.1. The molecular weight excluding hydrogens is 268 g/mol. The minimum atomic E-state index is -0.0356. The Morgan fingerprint density at radius 1 is 1.29 bits per heavy atom. The normalized spacial score (nSPS) is 10.7.